The molecule has 1 aliphatic rings. The first-order valence-corrected chi connectivity index (χ1v) is 11.1. The largest absolute Gasteiger partial charge is 0.496 e. The molecule has 1 saturated heterocycles. The van der Waals surface area contributed by atoms with E-state index in [2.05, 4.69) is 5.32 Å². The molecule has 2 aromatic carbocycles. The highest BCUT2D eigenvalue weighted by Crippen LogP contribution is 2.31. The highest BCUT2D eigenvalue weighted by atomic mass is 32.2. The van der Waals surface area contributed by atoms with E-state index < -0.39 is 10.0 Å². The fraction of sp³-hybridized carbons (Fsp3) is 0.381. The molecule has 2 aromatic rings. The minimum absolute atomic E-state index is 0.0799. The normalized spacial score (nSPS) is 14.6. The molecule has 7 nitrogen and oxygen atoms in total. The van der Waals surface area contributed by atoms with E-state index in [0.29, 0.717) is 36.9 Å². The molecule has 0 aromatic heterocycles. The Bertz CT molecular complexity index is 969. The quantitative estimate of drug-likeness (QED) is 0.712. The van der Waals surface area contributed by atoms with E-state index in [0.717, 1.165) is 18.4 Å². The van der Waals surface area contributed by atoms with Gasteiger partial charge in [0.15, 0.2) is 0 Å². The molecule has 0 bridgehead atoms. The van der Waals surface area contributed by atoms with Gasteiger partial charge in [-0.25, -0.2) is 8.42 Å². The third-order valence-electron chi connectivity index (χ3n) is 4.75. The molecular weight excluding hydrogens is 392 g/mol. The third-order valence-corrected chi connectivity index (χ3v) is 6.67. The Labute approximate surface area is 171 Å². The predicted molar refractivity (Wildman–Crippen MR) is 111 cm³/mol. The number of anilines is 1. The highest BCUT2D eigenvalue weighted by molar-refractivity contribution is 7.89. The van der Waals surface area contributed by atoms with Crippen molar-refractivity contribution in [1.29, 1.82) is 0 Å². The van der Waals surface area contributed by atoms with Crippen LogP contribution in [0, 0.1) is 0 Å². The molecule has 0 radical (unpaired) electrons. The van der Waals surface area contributed by atoms with Crippen LogP contribution in [0.5, 0.6) is 11.5 Å². The van der Waals surface area contributed by atoms with Crippen molar-refractivity contribution in [2.45, 2.75) is 31.1 Å². The molecule has 1 amide bonds. The molecule has 3 rings (SSSR count). The van der Waals surface area contributed by atoms with Crippen LogP contribution in [0.1, 0.15) is 25.3 Å². The molecule has 1 fully saturated rings. The predicted octanol–water partition coefficient (Wildman–Crippen LogP) is 3.06. The van der Waals surface area contributed by atoms with E-state index in [1.807, 2.05) is 18.2 Å². The summed E-state index contributed by atoms with van der Waals surface area (Å²) in [5.41, 5.74) is 1.16. The number of nitrogens with zero attached hydrogens (tertiary/aromatic N) is 1. The zero-order valence-corrected chi connectivity index (χ0v) is 17.5. The Balaban J connectivity index is 1.84. The fourth-order valence-corrected chi connectivity index (χ4v) is 5.03. The smallest absolute Gasteiger partial charge is 0.246 e. The topological polar surface area (TPSA) is 84.9 Å². The highest BCUT2D eigenvalue weighted by Gasteiger charge is 2.30. The van der Waals surface area contributed by atoms with Gasteiger partial charge in [-0.2, -0.15) is 4.31 Å². The minimum atomic E-state index is -3.68. The second-order valence-corrected chi connectivity index (χ2v) is 8.65. The van der Waals surface area contributed by atoms with Crippen LogP contribution in [0.25, 0.3) is 0 Å². The lowest BCUT2D eigenvalue weighted by molar-refractivity contribution is -0.115. The number of hydrogen-bond acceptors (Lipinski definition) is 5. The monoisotopic (exact) mass is 418 g/mol. The molecular formula is C21H26N2O5S. The Morgan fingerprint density at radius 3 is 2.52 bits per heavy atom. The summed E-state index contributed by atoms with van der Waals surface area (Å²) < 4.78 is 38.4. The van der Waals surface area contributed by atoms with Gasteiger partial charge in [0.1, 0.15) is 16.4 Å². The minimum Gasteiger partial charge on any atom is -0.496 e. The lowest BCUT2D eigenvalue weighted by Gasteiger charge is -2.19. The van der Waals surface area contributed by atoms with Gasteiger partial charge in [-0.05, 0) is 44.0 Å². The van der Waals surface area contributed by atoms with Gasteiger partial charge in [0, 0.05) is 24.3 Å². The van der Waals surface area contributed by atoms with Crippen molar-refractivity contribution in [3.05, 3.63) is 48.0 Å². The van der Waals surface area contributed by atoms with Gasteiger partial charge in [0.05, 0.1) is 20.1 Å². The van der Waals surface area contributed by atoms with Gasteiger partial charge in [0.2, 0.25) is 15.9 Å². The summed E-state index contributed by atoms with van der Waals surface area (Å²) in [6.45, 7) is 3.15. The molecule has 156 valence electrons. The van der Waals surface area contributed by atoms with Crippen LogP contribution in [0.3, 0.4) is 0 Å². The van der Waals surface area contributed by atoms with Crippen LogP contribution in [0.4, 0.5) is 5.69 Å². The van der Waals surface area contributed by atoms with Crippen LogP contribution < -0.4 is 14.8 Å². The van der Waals surface area contributed by atoms with Gasteiger partial charge in [-0.3, -0.25) is 4.79 Å². The molecule has 1 N–H and O–H groups in total. The summed E-state index contributed by atoms with van der Waals surface area (Å²) >= 11 is 0. The maximum atomic E-state index is 13.1. The Morgan fingerprint density at radius 1 is 1.10 bits per heavy atom. The number of hydrogen-bond donors (Lipinski definition) is 1. The molecule has 0 spiro atoms. The first kappa shape index (κ1) is 21.1. The number of ether oxygens (including phenoxy) is 2. The van der Waals surface area contributed by atoms with Crippen LogP contribution >= 0.6 is 0 Å². The number of para-hydroxylation sites is 1. The van der Waals surface area contributed by atoms with E-state index in [9.17, 15) is 13.2 Å². The summed E-state index contributed by atoms with van der Waals surface area (Å²) in [5, 5.41) is 2.78. The lowest BCUT2D eigenvalue weighted by Crippen LogP contribution is -2.28. The molecule has 0 aliphatic carbocycles. The molecule has 29 heavy (non-hydrogen) atoms. The number of benzene rings is 2. The van der Waals surface area contributed by atoms with E-state index in [-0.39, 0.29) is 17.2 Å². The molecule has 0 atom stereocenters. The standard InChI is InChI=1S/C21H26N2O5S/c1-3-28-19-11-10-17(15-20(19)29(25,26)23-12-6-7-13-23)22-21(24)14-16-8-4-5-9-18(16)27-2/h4-5,8-11,15H,3,6-7,12-14H2,1-2H3,(H,22,24). The van der Waals surface area contributed by atoms with Crippen molar-refractivity contribution in [1.82, 2.24) is 4.31 Å². The number of rotatable bonds is 8. The summed E-state index contributed by atoms with van der Waals surface area (Å²) in [4.78, 5) is 12.6. The molecule has 1 aliphatic heterocycles. The number of nitrogens with one attached hydrogen (secondary N) is 1. The number of carbonyl (C=O) groups is 1. The van der Waals surface area contributed by atoms with Gasteiger partial charge >= 0.3 is 0 Å². The number of carbonyl (C=O) groups excluding carboxylic acids is 1. The maximum Gasteiger partial charge on any atom is 0.246 e. The fourth-order valence-electron chi connectivity index (χ4n) is 3.36. The average Bonchev–Trinajstić information content (AvgIpc) is 3.25. The Morgan fingerprint density at radius 2 is 1.83 bits per heavy atom. The van der Waals surface area contributed by atoms with Crippen molar-refractivity contribution in [3.63, 3.8) is 0 Å². The first-order valence-electron chi connectivity index (χ1n) is 9.64. The van der Waals surface area contributed by atoms with Crippen LogP contribution in [-0.4, -0.2) is 45.4 Å². The van der Waals surface area contributed by atoms with Gasteiger partial charge in [-0.1, -0.05) is 18.2 Å². The van der Waals surface area contributed by atoms with Crippen molar-refractivity contribution < 1.29 is 22.7 Å². The maximum absolute atomic E-state index is 13.1. The van der Waals surface area contributed by atoms with E-state index in [1.165, 1.54) is 10.4 Å². The first-order chi connectivity index (χ1) is 14.0. The zero-order chi connectivity index (χ0) is 20.9. The zero-order valence-electron chi connectivity index (χ0n) is 16.7. The lowest BCUT2D eigenvalue weighted by atomic mass is 10.1. The average molecular weight is 419 g/mol. The number of methoxy groups -OCH3 is 1. The summed E-state index contributed by atoms with van der Waals surface area (Å²) in [7, 11) is -2.13. The second kappa shape index (κ2) is 9.28. The third kappa shape index (κ3) is 4.89. The molecule has 0 unspecified atom stereocenters. The number of amides is 1. The van der Waals surface area contributed by atoms with Gasteiger partial charge in [0.25, 0.3) is 0 Å². The van der Waals surface area contributed by atoms with Crippen LogP contribution in [0.2, 0.25) is 0 Å². The van der Waals surface area contributed by atoms with Crippen molar-refractivity contribution in [2.75, 3.05) is 32.1 Å². The van der Waals surface area contributed by atoms with Gasteiger partial charge < -0.3 is 14.8 Å². The number of sulfonamides is 1. The summed E-state index contributed by atoms with van der Waals surface area (Å²) in [6, 6.07) is 12.0. The summed E-state index contributed by atoms with van der Waals surface area (Å²) in [5.74, 6) is 0.664. The molecule has 8 heteroatoms. The Hall–Kier alpha value is -2.58. The Kier molecular flexibility index (Phi) is 6.76. The van der Waals surface area contributed by atoms with Crippen molar-refractivity contribution in [2.24, 2.45) is 0 Å². The van der Waals surface area contributed by atoms with E-state index >= 15 is 0 Å². The van der Waals surface area contributed by atoms with Crippen molar-refractivity contribution >= 4 is 21.6 Å². The second-order valence-electron chi connectivity index (χ2n) is 6.74. The van der Waals surface area contributed by atoms with Crippen LogP contribution in [0.15, 0.2) is 47.4 Å². The molecule has 0 saturated carbocycles. The SMILES string of the molecule is CCOc1ccc(NC(=O)Cc2ccccc2OC)cc1S(=O)(=O)N1CCCC1. The van der Waals surface area contributed by atoms with E-state index in [1.54, 1.807) is 32.2 Å². The van der Waals surface area contributed by atoms with Crippen LogP contribution in [-0.2, 0) is 21.2 Å². The molecule has 1 heterocycles. The summed E-state index contributed by atoms with van der Waals surface area (Å²) in [6.07, 6.45) is 1.81. The van der Waals surface area contributed by atoms with Crippen molar-refractivity contribution in [3.8, 4) is 11.5 Å². The van der Waals surface area contributed by atoms with E-state index in [4.69, 9.17) is 9.47 Å². The van der Waals surface area contributed by atoms with Gasteiger partial charge in [-0.15, -0.1) is 0 Å².